The van der Waals surface area contributed by atoms with Gasteiger partial charge in [-0.25, -0.2) is 8.78 Å². The number of hydrogen-bond acceptors (Lipinski definition) is 4. The lowest BCUT2D eigenvalue weighted by Gasteiger charge is -2.15. The highest BCUT2D eigenvalue weighted by Gasteiger charge is 2.24. The molecule has 0 spiro atoms. The van der Waals surface area contributed by atoms with Crippen molar-refractivity contribution in [3.8, 4) is 0 Å². The first-order valence-corrected chi connectivity index (χ1v) is 6.96. The maximum absolute atomic E-state index is 13.4. The number of thioether (sulfide) groups is 1. The van der Waals surface area contributed by atoms with Gasteiger partial charge in [0, 0.05) is 18.2 Å². The van der Waals surface area contributed by atoms with E-state index in [0.717, 1.165) is 12.1 Å². The van der Waals surface area contributed by atoms with E-state index >= 15 is 0 Å². The summed E-state index contributed by atoms with van der Waals surface area (Å²) in [5.41, 5.74) is -0.420. The lowest BCUT2D eigenvalue weighted by Crippen LogP contribution is -2.43. The van der Waals surface area contributed by atoms with Crippen LogP contribution in [0.2, 0.25) is 0 Å². The first kappa shape index (κ1) is 17.2. The van der Waals surface area contributed by atoms with Gasteiger partial charge in [-0.05, 0) is 12.1 Å². The Kier molecular flexibility index (Phi) is 6.67. The number of rotatable bonds is 4. The van der Waals surface area contributed by atoms with Crippen LogP contribution < -0.4 is 10.6 Å². The Hall–Kier alpha value is -0.890. The molecule has 3 N–H and O–H groups in total. The minimum atomic E-state index is -1.40. The Morgan fingerprint density at radius 3 is 2.70 bits per heavy atom. The number of carbonyl (C=O) groups is 1. The van der Waals surface area contributed by atoms with Crippen LogP contribution in [-0.2, 0) is 4.79 Å². The maximum Gasteiger partial charge on any atom is 0.238 e. The molecule has 2 rings (SSSR count). The molecule has 2 unspecified atom stereocenters. The second-order valence-electron chi connectivity index (χ2n) is 4.17. The number of hydrogen-bond donors (Lipinski definition) is 3. The Morgan fingerprint density at radius 2 is 2.15 bits per heavy atom. The van der Waals surface area contributed by atoms with Crippen LogP contribution in [0.5, 0.6) is 0 Å². The number of nitrogens with one attached hydrogen (secondary N) is 2. The Morgan fingerprint density at radius 1 is 1.50 bits per heavy atom. The van der Waals surface area contributed by atoms with Gasteiger partial charge in [0.2, 0.25) is 5.91 Å². The van der Waals surface area contributed by atoms with Gasteiger partial charge < -0.3 is 10.4 Å². The van der Waals surface area contributed by atoms with Gasteiger partial charge in [0.05, 0.1) is 11.6 Å². The van der Waals surface area contributed by atoms with Crippen LogP contribution >= 0.6 is 24.2 Å². The summed E-state index contributed by atoms with van der Waals surface area (Å²) >= 11 is 1.59. The zero-order valence-corrected chi connectivity index (χ0v) is 12.1. The Labute approximate surface area is 125 Å². The summed E-state index contributed by atoms with van der Waals surface area (Å²) < 4.78 is 26.8. The molecule has 4 nitrogen and oxygen atoms in total. The van der Waals surface area contributed by atoms with Gasteiger partial charge in [-0.2, -0.15) is 0 Å². The monoisotopic (exact) mass is 324 g/mol. The molecular formula is C12H15ClF2N2O2S. The fourth-order valence-electron chi connectivity index (χ4n) is 1.82. The van der Waals surface area contributed by atoms with Gasteiger partial charge in [-0.3, -0.25) is 10.1 Å². The van der Waals surface area contributed by atoms with E-state index in [1.165, 1.54) is 6.07 Å². The molecule has 1 saturated heterocycles. The fourth-order valence-corrected chi connectivity index (χ4v) is 2.76. The molecule has 0 bridgehead atoms. The van der Waals surface area contributed by atoms with Crippen LogP contribution in [0.1, 0.15) is 11.7 Å². The number of halogens is 3. The molecule has 0 saturated carbocycles. The third-order valence-electron chi connectivity index (χ3n) is 2.84. The first-order chi connectivity index (χ1) is 9.09. The van der Waals surface area contributed by atoms with Crippen LogP contribution in [0.3, 0.4) is 0 Å². The predicted octanol–water partition coefficient (Wildman–Crippen LogP) is 1.20. The average molecular weight is 325 g/mol. The summed E-state index contributed by atoms with van der Waals surface area (Å²) in [4.78, 5) is 11.7. The molecule has 20 heavy (non-hydrogen) atoms. The lowest BCUT2D eigenvalue weighted by molar-refractivity contribution is -0.122. The highest BCUT2D eigenvalue weighted by Crippen LogP contribution is 2.20. The van der Waals surface area contributed by atoms with Crippen molar-refractivity contribution >= 4 is 30.1 Å². The second kappa shape index (κ2) is 7.78. The standard InChI is InChI=1S/C12H14F2N2O2S.ClH/c13-7-2-1-3-8(14)11(7)10(17)4-15-12(18)9-5-19-6-16-9;/h1-3,9-10,16-17H,4-6H2,(H,15,18);1H. The number of benzene rings is 1. The molecule has 2 atom stereocenters. The number of aliphatic hydroxyl groups is 1. The zero-order chi connectivity index (χ0) is 13.8. The lowest BCUT2D eigenvalue weighted by atomic mass is 10.1. The molecule has 1 heterocycles. The molecule has 1 fully saturated rings. The molecular weight excluding hydrogens is 310 g/mol. The topological polar surface area (TPSA) is 61.4 Å². The summed E-state index contributed by atoms with van der Waals surface area (Å²) in [6, 6.07) is 3.04. The van der Waals surface area contributed by atoms with Gasteiger partial charge in [-0.15, -0.1) is 24.2 Å². The summed E-state index contributed by atoms with van der Waals surface area (Å²) in [5, 5.41) is 15.2. The van der Waals surface area contributed by atoms with E-state index in [0.29, 0.717) is 11.6 Å². The van der Waals surface area contributed by atoms with E-state index in [9.17, 15) is 18.7 Å². The summed E-state index contributed by atoms with van der Waals surface area (Å²) in [6.45, 7) is -0.223. The fraction of sp³-hybridized carbons (Fsp3) is 0.417. The second-order valence-corrected chi connectivity index (χ2v) is 5.20. The van der Waals surface area contributed by atoms with Crippen molar-refractivity contribution in [1.82, 2.24) is 10.6 Å². The van der Waals surface area contributed by atoms with E-state index in [2.05, 4.69) is 10.6 Å². The molecule has 1 aromatic rings. The quantitative estimate of drug-likeness (QED) is 0.779. The van der Waals surface area contributed by atoms with Crippen molar-refractivity contribution in [3.63, 3.8) is 0 Å². The molecule has 0 aromatic heterocycles. The van der Waals surface area contributed by atoms with Crippen LogP contribution in [0.15, 0.2) is 18.2 Å². The first-order valence-electron chi connectivity index (χ1n) is 5.80. The Balaban J connectivity index is 0.00000200. The summed E-state index contributed by atoms with van der Waals surface area (Å²) in [5.74, 6) is -0.577. The van der Waals surface area contributed by atoms with Crippen LogP contribution in [0.4, 0.5) is 8.78 Å². The summed E-state index contributed by atoms with van der Waals surface area (Å²) in [7, 11) is 0. The van der Waals surface area contributed by atoms with E-state index in [1.54, 1.807) is 11.8 Å². The summed E-state index contributed by atoms with van der Waals surface area (Å²) in [6.07, 6.45) is -1.40. The van der Waals surface area contributed by atoms with Crippen molar-refractivity contribution in [3.05, 3.63) is 35.4 Å². The molecule has 1 aliphatic heterocycles. The zero-order valence-electron chi connectivity index (χ0n) is 10.4. The third-order valence-corrected chi connectivity index (χ3v) is 3.78. The molecule has 8 heteroatoms. The van der Waals surface area contributed by atoms with Crippen LogP contribution in [0, 0.1) is 11.6 Å². The number of carbonyl (C=O) groups excluding carboxylic acids is 1. The van der Waals surface area contributed by atoms with Crippen LogP contribution in [-0.4, -0.2) is 35.2 Å². The van der Waals surface area contributed by atoms with Crippen molar-refractivity contribution in [2.45, 2.75) is 12.1 Å². The van der Waals surface area contributed by atoms with E-state index in [1.807, 2.05) is 0 Å². The average Bonchev–Trinajstić information content (AvgIpc) is 2.89. The number of amides is 1. The van der Waals surface area contributed by atoms with Gasteiger partial charge in [0.1, 0.15) is 17.7 Å². The van der Waals surface area contributed by atoms with E-state index in [4.69, 9.17) is 0 Å². The molecule has 1 aliphatic rings. The third kappa shape index (κ3) is 4.05. The molecule has 0 radical (unpaired) electrons. The van der Waals surface area contributed by atoms with Crippen molar-refractivity contribution in [2.24, 2.45) is 0 Å². The largest absolute Gasteiger partial charge is 0.386 e. The van der Waals surface area contributed by atoms with E-state index < -0.39 is 23.3 Å². The van der Waals surface area contributed by atoms with E-state index in [-0.39, 0.29) is 30.9 Å². The molecule has 1 aromatic carbocycles. The highest BCUT2D eigenvalue weighted by atomic mass is 35.5. The van der Waals surface area contributed by atoms with Crippen molar-refractivity contribution in [1.29, 1.82) is 0 Å². The Bertz CT molecular complexity index is 453. The predicted molar refractivity (Wildman–Crippen MR) is 75.8 cm³/mol. The minimum absolute atomic E-state index is 0. The highest BCUT2D eigenvalue weighted by molar-refractivity contribution is 7.99. The molecule has 1 amide bonds. The van der Waals surface area contributed by atoms with Crippen molar-refractivity contribution < 1.29 is 18.7 Å². The van der Waals surface area contributed by atoms with Crippen LogP contribution in [0.25, 0.3) is 0 Å². The molecule has 112 valence electrons. The smallest absolute Gasteiger partial charge is 0.238 e. The SMILES string of the molecule is Cl.O=C(NCC(O)c1c(F)cccc1F)C1CSCN1. The van der Waals surface area contributed by atoms with Gasteiger partial charge in [-0.1, -0.05) is 6.07 Å². The number of aliphatic hydroxyl groups excluding tert-OH is 1. The molecule has 0 aliphatic carbocycles. The van der Waals surface area contributed by atoms with Gasteiger partial charge in [0.15, 0.2) is 0 Å². The van der Waals surface area contributed by atoms with Gasteiger partial charge >= 0.3 is 0 Å². The maximum atomic E-state index is 13.4. The van der Waals surface area contributed by atoms with Crippen molar-refractivity contribution in [2.75, 3.05) is 18.2 Å². The minimum Gasteiger partial charge on any atom is -0.386 e. The van der Waals surface area contributed by atoms with Gasteiger partial charge in [0.25, 0.3) is 0 Å². The normalized spacial score (nSPS) is 19.2.